The summed E-state index contributed by atoms with van der Waals surface area (Å²) in [5.41, 5.74) is 4.24. The van der Waals surface area contributed by atoms with E-state index < -0.39 is 0 Å². The average molecular weight is 506 g/mol. The van der Waals surface area contributed by atoms with Crippen molar-refractivity contribution in [3.8, 4) is 11.5 Å². The summed E-state index contributed by atoms with van der Waals surface area (Å²) in [4.78, 5) is 30.5. The number of hydrogen-bond acceptors (Lipinski definition) is 9. The van der Waals surface area contributed by atoms with E-state index in [1.165, 1.54) is 0 Å². The summed E-state index contributed by atoms with van der Waals surface area (Å²) in [6.45, 7) is 3.83. The van der Waals surface area contributed by atoms with Crippen LogP contribution in [0.15, 0.2) is 73.1 Å². The lowest BCUT2D eigenvalue weighted by molar-refractivity contribution is -0.119. The number of anilines is 4. The van der Waals surface area contributed by atoms with Crippen molar-refractivity contribution in [3.63, 3.8) is 0 Å². The van der Waals surface area contributed by atoms with Crippen LogP contribution < -0.4 is 16.0 Å². The van der Waals surface area contributed by atoms with Gasteiger partial charge in [0.2, 0.25) is 11.8 Å². The van der Waals surface area contributed by atoms with Crippen molar-refractivity contribution in [3.05, 3.63) is 84.3 Å². The summed E-state index contributed by atoms with van der Waals surface area (Å²) in [7, 11) is 0. The van der Waals surface area contributed by atoms with Crippen LogP contribution in [0.2, 0.25) is 0 Å². The number of hydrogen-bond donors (Lipinski definition) is 3. The maximum atomic E-state index is 12.3. The van der Waals surface area contributed by atoms with Crippen LogP contribution in [0.25, 0.3) is 17.0 Å². The van der Waals surface area contributed by atoms with E-state index >= 15 is 0 Å². The molecule has 1 saturated heterocycles. The normalized spacial score (nSPS) is 13.3. The van der Waals surface area contributed by atoms with Crippen LogP contribution in [0.4, 0.5) is 23.3 Å². The van der Waals surface area contributed by atoms with E-state index in [-0.39, 0.29) is 5.78 Å². The molecule has 0 atom stereocenters. The summed E-state index contributed by atoms with van der Waals surface area (Å²) in [6, 6.07) is 19.2. The van der Waals surface area contributed by atoms with E-state index in [2.05, 4.69) is 36.0 Å². The molecule has 1 aromatic carbocycles. The lowest BCUT2D eigenvalue weighted by Crippen LogP contribution is -2.43. The van der Waals surface area contributed by atoms with Gasteiger partial charge < -0.3 is 16.0 Å². The van der Waals surface area contributed by atoms with Crippen molar-refractivity contribution >= 4 is 34.6 Å². The van der Waals surface area contributed by atoms with Gasteiger partial charge in [-0.3, -0.25) is 4.79 Å². The van der Waals surface area contributed by atoms with Gasteiger partial charge in [-0.2, -0.15) is 4.98 Å². The number of rotatable bonds is 9. The molecule has 190 valence electrons. The number of aryl methyl sites for hydroxylation is 1. The Morgan fingerprint density at radius 3 is 2.66 bits per heavy atom. The Hall–Kier alpha value is -4.70. The SMILES string of the molecule is Cc1cccc(-c2nc(Nc3ccnc(Nc4ccc(CC(=O)CC5CNC5)cc4)n3)c3cccn3n2)n1. The van der Waals surface area contributed by atoms with Crippen molar-refractivity contribution in [2.75, 3.05) is 23.7 Å². The molecule has 5 heterocycles. The van der Waals surface area contributed by atoms with Crippen molar-refractivity contribution < 1.29 is 4.79 Å². The topological polar surface area (TPSA) is 122 Å². The summed E-state index contributed by atoms with van der Waals surface area (Å²) in [5.74, 6) is 2.92. The molecular weight excluding hydrogens is 478 g/mol. The summed E-state index contributed by atoms with van der Waals surface area (Å²) >= 11 is 0. The minimum atomic E-state index is 0.280. The van der Waals surface area contributed by atoms with Gasteiger partial charge in [0.1, 0.15) is 22.8 Å². The largest absolute Gasteiger partial charge is 0.324 e. The number of Topliss-reactive ketones (excluding diaryl/α,β-unsaturated/α-hetero) is 1. The third-order valence-electron chi connectivity index (χ3n) is 6.40. The van der Waals surface area contributed by atoms with Crippen LogP contribution in [0.1, 0.15) is 17.7 Å². The van der Waals surface area contributed by atoms with E-state index in [4.69, 9.17) is 4.98 Å². The molecule has 3 N–H and O–H groups in total. The molecule has 0 radical (unpaired) electrons. The van der Waals surface area contributed by atoms with E-state index in [0.717, 1.165) is 35.6 Å². The van der Waals surface area contributed by atoms with Crippen molar-refractivity contribution in [1.82, 2.24) is 34.9 Å². The fourth-order valence-corrected chi connectivity index (χ4v) is 4.36. The van der Waals surface area contributed by atoms with Crippen molar-refractivity contribution in [1.29, 1.82) is 0 Å². The van der Waals surface area contributed by atoms with Gasteiger partial charge in [-0.25, -0.2) is 19.5 Å². The maximum Gasteiger partial charge on any atom is 0.229 e. The van der Waals surface area contributed by atoms with Gasteiger partial charge in [0.25, 0.3) is 0 Å². The Morgan fingerprint density at radius 1 is 1.00 bits per heavy atom. The molecule has 1 aliphatic heterocycles. The first-order chi connectivity index (χ1) is 18.6. The number of carbonyl (C=O) groups excluding carboxylic acids is 1. The molecule has 0 saturated carbocycles. The Bertz CT molecular complexity index is 1590. The predicted molar refractivity (Wildman–Crippen MR) is 146 cm³/mol. The smallest absolute Gasteiger partial charge is 0.229 e. The Labute approximate surface area is 219 Å². The van der Waals surface area contributed by atoms with Crippen LogP contribution in [0.5, 0.6) is 0 Å². The highest BCUT2D eigenvalue weighted by Gasteiger charge is 2.20. The summed E-state index contributed by atoms with van der Waals surface area (Å²) < 4.78 is 1.77. The van der Waals surface area contributed by atoms with Gasteiger partial charge >= 0.3 is 0 Å². The molecule has 1 fully saturated rings. The van der Waals surface area contributed by atoms with Gasteiger partial charge in [0.05, 0.1) is 0 Å². The lowest BCUT2D eigenvalue weighted by Gasteiger charge is -2.26. The van der Waals surface area contributed by atoms with Crippen molar-refractivity contribution in [2.24, 2.45) is 5.92 Å². The first kappa shape index (κ1) is 23.7. The van der Waals surface area contributed by atoms with E-state index in [9.17, 15) is 4.79 Å². The third kappa shape index (κ3) is 5.35. The van der Waals surface area contributed by atoms with E-state index in [1.807, 2.05) is 67.7 Å². The molecule has 0 amide bonds. The molecular formula is C28H27N9O. The predicted octanol–water partition coefficient (Wildman–Crippen LogP) is 4.10. The fraction of sp³-hybridized carbons (Fsp3) is 0.214. The van der Waals surface area contributed by atoms with Crippen LogP contribution >= 0.6 is 0 Å². The number of pyridine rings is 1. The van der Waals surface area contributed by atoms with Gasteiger partial charge in [0, 0.05) is 36.6 Å². The summed E-state index contributed by atoms with van der Waals surface area (Å²) in [5, 5.41) is 14.4. The monoisotopic (exact) mass is 505 g/mol. The zero-order valence-corrected chi connectivity index (χ0v) is 20.9. The highest BCUT2D eigenvalue weighted by Crippen LogP contribution is 2.23. The first-order valence-corrected chi connectivity index (χ1v) is 12.6. The minimum absolute atomic E-state index is 0.280. The summed E-state index contributed by atoms with van der Waals surface area (Å²) in [6.07, 6.45) is 4.65. The zero-order chi connectivity index (χ0) is 25.9. The average Bonchev–Trinajstić information content (AvgIpc) is 3.37. The second-order valence-corrected chi connectivity index (χ2v) is 9.44. The third-order valence-corrected chi connectivity index (χ3v) is 6.40. The standard InChI is InChI=1S/C28H27N9O/c1-18-4-2-5-23(31-18)26-35-27(24-6-3-13-37(24)36-26)33-25-11-12-30-28(34-25)32-21-9-7-19(8-10-21)14-22(38)15-20-16-29-17-20/h2-13,20,29H,14-17H2,1H3,(H2,30,32,33,34,35,36). The highest BCUT2D eigenvalue weighted by molar-refractivity contribution is 5.81. The molecule has 0 spiro atoms. The molecule has 10 heteroatoms. The molecule has 6 rings (SSSR count). The second kappa shape index (κ2) is 10.3. The molecule has 1 aliphatic rings. The molecule has 0 bridgehead atoms. The molecule has 10 nitrogen and oxygen atoms in total. The Kier molecular flexibility index (Phi) is 6.45. The van der Waals surface area contributed by atoms with Crippen LogP contribution in [-0.2, 0) is 11.2 Å². The molecule has 5 aromatic rings. The molecule has 38 heavy (non-hydrogen) atoms. The van der Waals surface area contributed by atoms with Crippen LogP contribution in [0, 0.1) is 12.8 Å². The minimum Gasteiger partial charge on any atom is -0.324 e. The first-order valence-electron chi connectivity index (χ1n) is 12.6. The Morgan fingerprint density at radius 2 is 1.87 bits per heavy atom. The number of nitrogens with zero attached hydrogens (tertiary/aromatic N) is 6. The number of benzene rings is 1. The molecule has 0 unspecified atom stereocenters. The maximum absolute atomic E-state index is 12.3. The number of fused-ring (bicyclic) bond motifs is 1. The zero-order valence-electron chi connectivity index (χ0n) is 20.9. The van der Waals surface area contributed by atoms with E-state index in [0.29, 0.717) is 47.9 Å². The molecule has 0 aliphatic carbocycles. The van der Waals surface area contributed by atoms with Gasteiger partial charge in [-0.05, 0) is 74.0 Å². The van der Waals surface area contributed by atoms with Gasteiger partial charge in [-0.15, -0.1) is 5.10 Å². The van der Waals surface area contributed by atoms with Gasteiger partial charge in [0.15, 0.2) is 5.82 Å². The highest BCUT2D eigenvalue weighted by atomic mass is 16.1. The quantitative estimate of drug-likeness (QED) is 0.272. The number of aromatic nitrogens is 6. The fourth-order valence-electron chi connectivity index (χ4n) is 4.36. The Balaban J connectivity index is 1.17. The second-order valence-electron chi connectivity index (χ2n) is 9.44. The van der Waals surface area contributed by atoms with Crippen LogP contribution in [0.3, 0.4) is 0 Å². The number of carbonyl (C=O) groups is 1. The lowest BCUT2D eigenvalue weighted by atomic mass is 9.94. The van der Waals surface area contributed by atoms with Crippen molar-refractivity contribution in [2.45, 2.75) is 19.8 Å². The number of nitrogens with one attached hydrogen (secondary N) is 3. The molecule has 4 aromatic heterocycles. The van der Waals surface area contributed by atoms with Crippen LogP contribution in [-0.4, -0.2) is 48.4 Å². The van der Waals surface area contributed by atoms with E-state index in [1.54, 1.807) is 16.8 Å². The number of ketones is 1. The van der Waals surface area contributed by atoms with Gasteiger partial charge in [-0.1, -0.05) is 18.2 Å².